The zero-order valence-electron chi connectivity index (χ0n) is 10.9. The Balaban J connectivity index is 1.93. The molecule has 0 aromatic rings. The predicted molar refractivity (Wildman–Crippen MR) is 66.8 cm³/mol. The fourth-order valence-corrected chi connectivity index (χ4v) is 2.78. The summed E-state index contributed by atoms with van der Waals surface area (Å²) < 4.78 is 5.61. The molecule has 2 saturated heterocycles. The standard InChI is InChI=1S/C13H24N2O2/c1-3-11-9-15(7-8-17-11)13(16)12-5-4-6-14-10(12)2/h10-12,14H,3-9H2,1-2H3. The van der Waals surface area contributed by atoms with Crippen molar-refractivity contribution in [1.29, 1.82) is 0 Å². The van der Waals surface area contributed by atoms with Gasteiger partial charge < -0.3 is 15.0 Å². The van der Waals surface area contributed by atoms with Gasteiger partial charge in [0.25, 0.3) is 0 Å². The highest BCUT2D eigenvalue weighted by atomic mass is 16.5. The Morgan fingerprint density at radius 3 is 3.06 bits per heavy atom. The number of carbonyl (C=O) groups excluding carboxylic acids is 1. The first-order valence-corrected chi connectivity index (χ1v) is 6.86. The predicted octanol–water partition coefficient (Wildman–Crippen LogP) is 1.01. The van der Waals surface area contributed by atoms with Crippen LogP contribution in [0.1, 0.15) is 33.1 Å². The van der Waals surface area contributed by atoms with E-state index in [4.69, 9.17) is 4.74 Å². The summed E-state index contributed by atoms with van der Waals surface area (Å²) in [6, 6.07) is 0.319. The summed E-state index contributed by atoms with van der Waals surface area (Å²) in [5, 5.41) is 3.40. The van der Waals surface area contributed by atoms with Crippen molar-refractivity contribution in [3.8, 4) is 0 Å². The van der Waals surface area contributed by atoms with Gasteiger partial charge in [-0.05, 0) is 32.7 Å². The van der Waals surface area contributed by atoms with Crippen molar-refractivity contribution in [2.24, 2.45) is 5.92 Å². The van der Waals surface area contributed by atoms with Crippen molar-refractivity contribution >= 4 is 5.91 Å². The molecule has 0 spiro atoms. The molecule has 4 heteroatoms. The Hall–Kier alpha value is -0.610. The zero-order valence-corrected chi connectivity index (χ0v) is 10.9. The molecular weight excluding hydrogens is 216 g/mol. The maximum Gasteiger partial charge on any atom is 0.227 e. The van der Waals surface area contributed by atoms with Crippen LogP contribution in [0.15, 0.2) is 0 Å². The van der Waals surface area contributed by atoms with Gasteiger partial charge in [-0.2, -0.15) is 0 Å². The average molecular weight is 240 g/mol. The molecule has 4 nitrogen and oxygen atoms in total. The van der Waals surface area contributed by atoms with Gasteiger partial charge >= 0.3 is 0 Å². The van der Waals surface area contributed by atoms with Crippen molar-refractivity contribution in [1.82, 2.24) is 10.2 Å². The second-order valence-electron chi connectivity index (χ2n) is 5.18. The smallest absolute Gasteiger partial charge is 0.227 e. The molecule has 0 bridgehead atoms. The second kappa shape index (κ2) is 5.83. The maximum absolute atomic E-state index is 12.5. The minimum absolute atomic E-state index is 0.166. The van der Waals surface area contributed by atoms with E-state index >= 15 is 0 Å². The summed E-state index contributed by atoms with van der Waals surface area (Å²) in [5.41, 5.74) is 0. The summed E-state index contributed by atoms with van der Waals surface area (Å²) >= 11 is 0. The third kappa shape index (κ3) is 2.99. The number of hydrogen-bond acceptors (Lipinski definition) is 3. The Morgan fingerprint density at radius 2 is 2.35 bits per heavy atom. The van der Waals surface area contributed by atoms with Crippen molar-refractivity contribution < 1.29 is 9.53 Å². The van der Waals surface area contributed by atoms with E-state index in [1.165, 1.54) is 0 Å². The van der Waals surface area contributed by atoms with Crippen LogP contribution < -0.4 is 5.32 Å². The Kier molecular flexibility index (Phi) is 4.40. The van der Waals surface area contributed by atoms with Crippen molar-refractivity contribution in [3.63, 3.8) is 0 Å². The summed E-state index contributed by atoms with van der Waals surface area (Å²) in [5.74, 6) is 0.491. The van der Waals surface area contributed by atoms with Crippen LogP contribution in [-0.2, 0) is 9.53 Å². The Morgan fingerprint density at radius 1 is 1.53 bits per heavy atom. The van der Waals surface area contributed by atoms with Gasteiger partial charge in [-0.25, -0.2) is 0 Å². The van der Waals surface area contributed by atoms with Crippen LogP contribution in [-0.4, -0.2) is 49.2 Å². The first-order valence-electron chi connectivity index (χ1n) is 6.86. The van der Waals surface area contributed by atoms with Crippen molar-refractivity contribution in [3.05, 3.63) is 0 Å². The fourth-order valence-electron chi connectivity index (χ4n) is 2.78. The second-order valence-corrected chi connectivity index (χ2v) is 5.18. The quantitative estimate of drug-likeness (QED) is 0.783. The number of morpholine rings is 1. The summed E-state index contributed by atoms with van der Waals surface area (Å²) in [4.78, 5) is 14.5. The molecule has 2 heterocycles. The highest BCUT2D eigenvalue weighted by Gasteiger charge is 2.33. The van der Waals surface area contributed by atoms with Gasteiger partial charge in [-0.15, -0.1) is 0 Å². The third-order valence-electron chi connectivity index (χ3n) is 3.98. The van der Waals surface area contributed by atoms with E-state index in [0.29, 0.717) is 18.6 Å². The van der Waals surface area contributed by atoms with E-state index in [-0.39, 0.29) is 12.0 Å². The molecule has 0 saturated carbocycles. The minimum Gasteiger partial charge on any atom is -0.375 e. The summed E-state index contributed by atoms with van der Waals surface area (Å²) in [7, 11) is 0. The van der Waals surface area contributed by atoms with Gasteiger partial charge in [0, 0.05) is 19.1 Å². The molecule has 3 unspecified atom stereocenters. The number of piperidine rings is 1. The lowest BCUT2D eigenvalue weighted by Gasteiger charge is -2.37. The monoisotopic (exact) mass is 240 g/mol. The van der Waals surface area contributed by atoms with E-state index in [1.54, 1.807) is 0 Å². The van der Waals surface area contributed by atoms with Crippen LogP contribution in [0, 0.1) is 5.92 Å². The molecule has 2 aliphatic heterocycles. The molecule has 2 rings (SSSR count). The number of carbonyl (C=O) groups is 1. The molecular formula is C13H24N2O2. The largest absolute Gasteiger partial charge is 0.375 e. The number of rotatable bonds is 2. The highest BCUT2D eigenvalue weighted by Crippen LogP contribution is 2.20. The highest BCUT2D eigenvalue weighted by molar-refractivity contribution is 5.79. The molecule has 0 aliphatic carbocycles. The summed E-state index contributed by atoms with van der Waals surface area (Å²) in [6.07, 6.45) is 3.37. The van der Waals surface area contributed by atoms with E-state index in [2.05, 4.69) is 19.2 Å². The molecule has 0 radical (unpaired) electrons. The number of nitrogens with one attached hydrogen (secondary N) is 1. The third-order valence-corrected chi connectivity index (χ3v) is 3.98. The number of nitrogens with zero attached hydrogens (tertiary/aromatic N) is 1. The van der Waals surface area contributed by atoms with Gasteiger partial charge in [0.05, 0.1) is 18.6 Å². The normalized spacial score (nSPS) is 34.7. The first kappa shape index (κ1) is 12.8. The molecule has 1 amide bonds. The first-order chi connectivity index (χ1) is 8.22. The maximum atomic E-state index is 12.5. The molecule has 0 aromatic carbocycles. The van der Waals surface area contributed by atoms with E-state index in [9.17, 15) is 4.79 Å². The fraction of sp³-hybridized carbons (Fsp3) is 0.923. The average Bonchev–Trinajstić information content (AvgIpc) is 2.38. The van der Waals surface area contributed by atoms with Crippen LogP contribution >= 0.6 is 0 Å². The number of hydrogen-bond donors (Lipinski definition) is 1. The zero-order chi connectivity index (χ0) is 12.3. The SMILES string of the molecule is CCC1CN(C(=O)C2CCCNC2C)CCO1. The van der Waals surface area contributed by atoms with E-state index < -0.39 is 0 Å². The van der Waals surface area contributed by atoms with Crippen LogP contribution in [0.2, 0.25) is 0 Å². The number of ether oxygens (including phenoxy) is 1. The molecule has 3 atom stereocenters. The van der Waals surface area contributed by atoms with E-state index in [1.807, 2.05) is 4.90 Å². The van der Waals surface area contributed by atoms with Crippen LogP contribution in [0.25, 0.3) is 0 Å². The lowest BCUT2D eigenvalue weighted by atomic mass is 9.90. The Labute approximate surface area is 104 Å². The van der Waals surface area contributed by atoms with Crippen molar-refractivity contribution in [2.45, 2.75) is 45.3 Å². The summed E-state index contributed by atoms with van der Waals surface area (Å²) in [6.45, 7) is 7.52. The minimum atomic E-state index is 0.166. The van der Waals surface area contributed by atoms with Gasteiger partial charge in [-0.3, -0.25) is 4.79 Å². The topological polar surface area (TPSA) is 41.6 Å². The molecule has 2 aliphatic rings. The van der Waals surface area contributed by atoms with Crippen molar-refractivity contribution in [2.75, 3.05) is 26.2 Å². The van der Waals surface area contributed by atoms with Gasteiger partial charge in [0.15, 0.2) is 0 Å². The Bertz CT molecular complexity index is 270. The molecule has 2 fully saturated rings. The van der Waals surface area contributed by atoms with E-state index in [0.717, 1.165) is 38.9 Å². The van der Waals surface area contributed by atoms with Crippen LogP contribution in [0.3, 0.4) is 0 Å². The molecule has 1 N–H and O–H groups in total. The van der Waals surface area contributed by atoms with Crippen LogP contribution in [0.5, 0.6) is 0 Å². The molecule has 98 valence electrons. The molecule has 0 aromatic heterocycles. The lowest BCUT2D eigenvalue weighted by molar-refractivity contribution is -0.144. The van der Waals surface area contributed by atoms with Gasteiger partial charge in [0.1, 0.15) is 0 Å². The van der Waals surface area contributed by atoms with Crippen LogP contribution in [0.4, 0.5) is 0 Å². The molecule has 17 heavy (non-hydrogen) atoms. The van der Waals surface area contributed by atoms with Gasteiger partial charge in [0.2, 0.25) is 5.91 Å². The number of amides is 1. The van der Waals surface area contributed by atoms with Gasteiger partial charge in [-0.1, -0.05) is 6.92 Å². The lowest BCUT2D eigenvalue weighted by Crippen LogP contribution is -2.52.